The van der Waals surface area contributed by atoms with Crippen LogP contribution in [0.2, 0.25) is 5.02 Å². The maximum Gasteiger partial charge on any atom is 0.277 e. The average Bonchev–Trinajstić information content (AvgIpc) is 3.15. The van der Waals surface area contributed by atoms with E-state index in [1.165, 1.54) is 15.7 Å². The van der Waals surface area contributed by atoms with Crippen LogP contribution in [0.15, 0.2) is 41.3 Å². The van der Waals surface area contributed by atoms with Gasteiger partial charge in [-0.05, 0) is 18.7 Å². The largest absolute Gasteiger partial charge is 0.335 e. The van der Waals surface area contributed by atoms with Crippen LogP contribution >= 0.6 is 22.9 Å². The summed E-state index contributed by atoms with van der Waals surface area (Å²) >= 11 is 7.46. The minimum atomic E-state index is -0.368. The molecule has 3 aromatic rings. The number of hydrogen-bond donors (Lipinski definition) is 0. The standard InChI is InChI=1S/C20H19ClN4O2S/c1-23-9-11-24(12-10-23)18(26)16-13-25-19(27)17(21)15(22-20(25)28-16)8-7-14-5-3-2-4-6-14/h2-8,13H,9-12H2,1H3/b8-7+. The first-order valence-corrected chi connectivity index (χ1v) is 10.1. The Morgan fingerprint density at radius 1 is 1.14 bits per heavy atom. The zero-order valence-corrected chi connectivity index (χ0v) is 16.9. The molecule has 0 aliphatic carbocycles. The predicted molar refractivity (Wildman–Crippen MR) is 113 cm³/mol. The van der Waals surface area contributed by atoms with Gasteiger partial charge < -0.3 is 9.80 Å². The highest BCUT2D eigenvalue weighted by atomic mass is 35.5. The summed E-state index contributed by atoms with van der Waals surface area (Å²) in [6.07, 6.45) is 5.13. The van der Waals surface area contributed by atoms with Gasteiger partial charge in [-0.1, -0.05) is 59.3 Å². The van der Waals surface area contributed by atoms with Gasteiger partial charge in [0.15, 0.2) is 4.96 Å². The first-order chi connectivity index (χ1) is 13.5. The monoisotopic (exact) mass is 414 g/mol. The third-order valence-electron chi connectivity index (χ3n) is 4.74. The van der Waals surface area contributed by atoms with Gasteiger partial charge in [0.1, 0.15) is 9.90 Å². The van der Waals surface area contributed by atoms with Crippen LogP contribution < -0.4 is 5.56 Å². The molecule has 8 heteroatoms. The Labute approximate surface area is 171 Å². The number of likely N-dealkylation sites (N-methyl/N-ethyl adjacent to an activating group) is 1. The van der Waals surface area contributed by atoms with Crippen LogP contribution in [0.4, 0.5) is 0 Å². The fourth-order valence-corrected chi connectivity index (χ4v) is 4.20. The molecule has 0 saturated carbocycles. The Hall–Kier alpha value is -2.48. The van der Waals surface area contributed by atoms with Gasteiger partial charge in [0.2, 0.25) is 0 Å². The van der Waals surface area contributed by atoms with Crippen molar-refractivity contribution in [1.29, 1.82) is 0 Å². The number of piperazine rings is 1. The van der Waals surface area contributed by atoms with E-state index in [1.54, 1.807) is 12.3 Å². The van der Waals surface area contributed by atoms with Crippen LogP contribution in [0.1, 0.15) is 20.9 Å². The summed E-state index contributed by atoms with van der Waals surface area (Å²) in [5.41, 5.74) is 1.02. The SMILES string of the molecule is CN1CCN(C(=O)c2cn3c(=O)c(Cl)c(/C=C/c4ccccc4)nc3s2)CC1. The lowest BCUT2D eigenvalue weighted by Gasteiger charge is -2.31. The molecule has 6 nitrogen and oxygen atoms in total. The van der Waals surface area contributed by atoms with Crippen molar-refractivity contribution >= 4 is 46.0 Å². The second-order valence-electron chi connectivity index (χ2n) is 6.70. The number of halogens is 1. The molecule has 1 aliphatic rings. The highest BCUT2D eigenvalue weighted by Crippen LogP contribution is 2.21. The smallest absolute Gasteiger partial charge is 0.277 e. The van der Waals surface area contributed by atoms with Crippen LogP contribution in [0, 0.1) is 0 Å². The zero-order valence-electron chi connectivity index (χ0n) is 15.3. The number of rotatable bonds is 3. The number of aromatic nitrogens is 2. The molecule has 3 heterocycles. The lowest BCUT2D eigenvalue weighted by molar-refractivity contribution is 0.0668. The van der Waals surface area contributed by atoms with Gasteiger partial charge in [-0.15, -0.1) is 0 Å². The summed E-state index contributed by atoms with van der Waals surface area (Å²) in [7, 11) is 2.04. The number of amides is 1. The van der Waals surface area contributed by atoms with Gasteiger partial charge in [-0.3, -0.25) is 14.0 Å². The zero-order chi connectivity index (χ0) is 19.7. The molecule has 0 bridgehead atoms. The van der Waals surface area contributed by atoms with Crippen LogP contribution in [-0.2, 0) is 0 Å². The number of carbonyl (C=O) groups is 1. The summed E-state index contributed by atoms with van der Waals surface area (Å²) in [4.78, 5) is 34.9. The average molecular weight is 415 g/mol. The van der Waals surface area contributed by atoms with Gasteiger partial charge in [0.05, 0.1) is 5.69 Å². The molecule has 1 aromatic carbocycles. The minimum absolute atomic E-state index is 0.0427. The van der Waals surface area contributed by atoms with E-state index in [-0.39, 0.29) is 16.5 Å². The second kappa shape index (κ2) is 7.87. The molecule has 1 saturated heterocycles. The van der Waals surface area contributed by atoms with E-state index in [9.17, 15) is 9.59 Å². The summed E-state index contributed by atoms with van der Waals surface area (Å²) in [5, 5.41) is 0.0427. The number of nitrogens with zero attached hydrogens (tertiary/aromatic N) is 4. The van der Waals surface area contributed by atoms with Crippen molar-refractivity contribution in [1.82, 2.24) is 19.2 Å². The lowest BCUT2D eigenvalue weighted by atomic mass is 10.2. The van der Waals surface area contributed by atoms with Crippen molar-refractivity contribution in [3.05, 3.63) is 68.0 Å². The van der Waals surface area contributed by atoms with Crippen LogP contribution in [0.3, 0.4) is 0 Å². The van der Waals surface area contributed by atoms with Crippen molar-refractivity contribution in [2.75, 3.05) is 33.2 Å². The van der Waals surface area contributed by atoms with Crippen LogP contribution in [0.5, 0.6) is 0 Å². The number of carbonyl (C=O) groups excluding carboxylic acids is 1. The molecule has 0 atom stereocenters. The third kappa shape index (κ3) is 3.73. The number of hydrogen-bond acceptors (Lipinski definition) is 5. The van der Waals surface area contributed by atoms with E-state index >= 15 is 0 Å². The summed E-state index contributed by atoms with van der Waals surface area (Å²) in [6, 6.07) is 9.71. The van der Waals surface area contributed by atoms with Gasteiger partial charge in [-0.25, -0.2) is 4.98 Å². The van der Waals surface area contributed by atoms with Crippen LogP contribution in [0.25, 0.3) is 17.1 Å². The fourth-order valence-electron chi connectivity index (χ4n) is 3.05. The van der Waals surface area contributed by atoms with Crippen molar-refractivity contribution in [2.24, 2.45) is 0 Å². The first kappa shape index (κ1) is 18.9. The highest BCUT2D eigenvalue weighted by molar-refractivity contribution is 7.18. The molecular formula is C20H19ClN4O2S. The topological polar surface area (TPSA) is 57.9 Å². The molecule has 1 fully saturated rings. The lowest BCUT2D eigenvalue weighted by Crippen LogP contribution is -2.46. The van der Waals surface area contributed by atoms with Crippen molar-refractivity contribution in [3.8, 4) is 0 Å². The summed E-state index contributed by atoms with van der Waals surface area (Å²) in [5.74, 6) is -0.0690. The molecule has 1 aliphatic heterocycles. The Kier molecular flexibility index (Phi) is 5.30. The molecule has 0 radical (unpaired) electrons. The Balaban J connectivity index is 1.66. The molecular weight excluding hydrogens is 396 g/mol. The van der Waals surface area contributed by atoms with E-state index in [0.29, 0.717) is 28.6 Å². The number of thiazole rings is 1. The number of fused-ring (bicyclic) bond motifs is 1. The van der Waals surface area contributed by atoms with E-state index in [4.69, 9.17) is 11.6 Å². The summed E-state index contributed by atoms with van der Waals surface area (Å²) < 4.78 is 1.36. The molecule has 1 amide bonds. The van der Waals surface area contributed by atoms with Gasteiger partial charge in [0, 0.05) is 32.4 Å². The Morgan fingerprint density at radius 3 is 2.57 bits per heavy atom. The molecule has 0 N–H and O–H groups in total. The quantitative estimate of drug-likeness (QED) is 0.661. The summed E-state index contributed by atoms with van der Waals surface area (Å²) in [6.45, 7) is 3.04. The van der Waals surface area contributed by atoms with Gasteiger partial charge in [0.25, 0.3) is 11.5 Å². The molecule has 2 aromatic heterocycles. The first-order valence-electron chi connectivity index (χ1n) is 8.95. The maximum atomic E-state index is 12.8. The normalized spacial score (nSPS) is 15.6. The van der Waals surface area contributed by atoms with Crippen LogP contribution in [-0.4, -0.2) is 58.3 Å². The van der Waals surface area contributed by atoms with E-state index < -0.39 is 0 Å². The maximum absolute atomic E-state index is 12.8. The van der Waals surface area contributed by atoms with Gasteiger partial charge in [-0.2, -0.15) is 0 Å². The van der Waals surface area contributed by atoms with E-state index in [1.807, 2.05) is 48.4 Å². The van der Waals surface area contributed by atoms with E-state index in [2.05, 4.69) is 9.88 Å². The molecule has 4 rings (SSSR count). The predicted octanol–water partition coefficient (Wildman–Crippen LogP) is 2.97. The fraction of sp³-hybridized carbons (Fsp3) is 0.250. The highest BCUT2D eigenvalue weighted by Gasteiger charge is 2.23. The number of benzene rings is 1. The van der Waals surface area contributed by atoms with Crippen molar-refractivity contribution < 1.29 is 4.79 Å². The third-order valence-corrected chi connectivity index (χ3v) is 6.06. The molecule has 0 spiro atoms. The van der Waals surface area contributed by atoms with Crippen molar-refractivity contribution in [3.63, 3.8) is 0 Å². The Morgan fingerprint density at radius 2 is 1.86 bits per heavy atom. The Bertz CT molecular complexity index is 1100. The second-order valence-corrected chi connectivity index (χ2v) is 8.09. The van der Waals surface area contributed by atoms with Crippen molar-refractivity contribution in [2.45, 2.75) is 0 Å². The molecule has 28 heavy (non-hydrogen) atoms. The van der Waals surface area contributed by atoms with E-state index in [0.717, 1.165) is 18.7 Å². The molecule has 144 valence electrons. The minimum Gasteiger partial charge on any atom is -0.335 e. The van der Waals surface area contributed by atoms with Gasteiger partial charge >= 0.3 is 0 Å². The molecule has 0 unspecified atom stereocenters.